The summed E-state index contributed by atoms with van der Waals surface area (Å²) in [4.78, 5) is 37.0. The summed E-state index contributed by atoms with van der Waals surface area (Å²) in [6.07, 6.45) is -0.819. The summed E-state index contributed by atoms with van der Waals surface area (Å²) in [6, 6.07) is 8.82. The highest BCUT2D eigenvalue weighted by molar-refractivity contribution is 7.99. The molecule has 0 aliphatic heterocycles. The summed E-state index contributed by atoms with van der Waals surface area (Å²) in [7, 11) is 0. The van der Waals surface area contributed by atoms with Gasteiger partial charge in [0.15, 0.2) is 0 Å². The first-order chi connectivity index (χ1) is 12.1. The van der Waals surface area contributed by atoms with Crippen LogP contribution in [0.5, 0.6) is 0 Å². The second kappa shape index (κ2) is 9.24. The van der Waals surface area contributed by atoms with E-state index < -0.39 is 12.0 Å². The number of thiophene rings is 1. The Bertz CT molecular complexity index is 774. The Balaban J connectivity index is 2.14. The van der Waals surface area contributed by atoms with Crippen LogP contribution in [0.4, 0.5) is 9.80 Å². The third-order valence-corrected chi connectivity index (χ3v) is 4.84. The predicted octanol–water partition coefficient (Wildman–Crippen LogP) is 4.00. The lowest BCUT2D eigenvalue weighted by molar-refractivity contribution is 0.0926. The number of amides is 3. The summed E-state index contributed by atoms with van der Waals surface area (Å²) < 4.78 is 4.69. The van der Waals surface area contributed by atoms with Gasteiger partial charge in [0.25, 0.3) is 11.8 Å². The van der Waals surface area contributed by atoms with Crippen molar-refractivity contribution in [3.05, 3.63) is 46.8 Å². The molecule has 0 saturated carbocycles. The standard InChI is InChI=1S/C17H18N2O4S2/c1-3-23-17(22)19-15(21)12-9-10-25-16(12)18-14(20)11-7-5-6-8-13(11)24-4-2/h5-10H,3-4H2,1-2H3,(H,18,20)(H,19,21,22). The lowest BCUT2D eigenvalue weighted by Crippen LogP contribution is -2.31. The van der Waals surface area contributed by atoms with E-state index in [1.807, 2.05) is 19.1 Å². The van der Waals surface area contributed by atoms with Crippen LogP contribution in [-0.2, 0) is 4.74 Å². The van der Waals surface area contributed by atoms with E-state index in [4.69, 9.17) is 0 Å². The molecule has 0 saturated heterocycles. The number of imide groups is 1. The van der Waals surface area contributed by atoms with Gasteiger partial charge in [0, 0.05) is 4.90 Å². The first-order valence-electron chi connectivity index (χ1n) is 7.65. The fourth-order valence-corrected chi connectivity index (χ4v) is 3.60. The Hall–Kier alpha value is -2.32. The van der Waals surface area contributed by atoms with E-state index >= 15 is 0 Å². The second-order valence-corrected chi connectivity index (χ2v) is 6.94. The number of thioether (sulfide) groups is 1. The summed E-state index contributed by atoms with van der Waals surface area (Å²) in [5, 5.41) is 6.91. The number of benzene rings is 1. The van der Waals surface area contributed by atoms with Crippen LogP contribution in [0.1, 0.15) is 34.6 Å². The Morgan fingerprint density at radius 2 is 1.84 bits per heavy atom. The third-order valence-electron chi connectivity index (χ3n) is 3.06. The van der Waals surface area contributed by atoms with Crippen molar-refractivity contribution in [1.29, 1.82) is 0 Å². The molecule has 2 rings (SSSR count). The molecule has 0 radical (unpaired) electrons. The van der Waals surface area contributed by atoms with Gasteiger partial charge in [-0.1, -0.05) is 19.1 Å². The van der Waals surface area contributed by atoms with Crippen LogP contribution in [0.15, 0.2) is 40.6 Å². The average Bonchev–Trinajstić information content (AvgIpc) is 3.04. The number of ether oxygens (including phenoxy) is 1. The number of rotatable bonds is 6. The van der Waals surface area contributed by atoms with Gasteiger partial charge in [0.1, 0.15) is 5.00 Å². The molecule has 6 nitrogen and oxygen atoms in total. The van der Waals surface area contributed by atoms with Gasteiger partial charge in [0.2, 0.25) is 0 Å². The van der Waals surface area contributed by atoms with Gasteiger partial charge in [-0.15, -0.1) is 23.1 Å². The number of alkyl carbamates (subject to hydrolysis) is 1. The maximum Gasteiger partial charge on any atom is 0.414 e. The van der Waals surface area contributed by atoms with Gasteiger partial charge in [-0.05, 0) is 36.3 Å². The zero-order valence-corrected chi connectivity index (χ0v) is 15.5. The van der Waals surface area contributed by atoms with E-state index in [-0.39, 0.29) is 18.1 Å². The van der Waals surface area contributed by atoms with Crippen molar-refractivity contribution in [3.8, 4) is 0 Å². The molecule has 2 aromatic rings. The molecule has 1 heterocycles. The van der Waals surface area contributed by atoms with Crippen LogP contribution < -0.4 is 10.6 Å². The number of nitrogens with one attached hydrogen (secondary N) is 2. The third kappa shape index (κ3) is 5.07. The zero-order chi connectivity index (χ0) is 18.2. The largest absolute Gasteiger partial charge is 0.450 e. The smallest absolute Gasteiger partial charge is 0.414 e. The maximum absolute atomic E-state index is 12.6. The van der Waals surface area contributed by atoms with Gasteiger partial charge in [-0.2, -0.15) is 0 Å². The van der Waals surface area contributed by atoms with Gasteiger partial charge in [-0.3, -0.25) is 14.9 Å². The SMILES string of the molecule is CCOC(=O)NC(=O)c1ccsc1NC(=O)c1ccccc1SCC. The van der Waals surface area contributed by atoms with Crippen molar-refractivity contribution in [2.24, 2.45) is 0 Å². The van der Waals surface area contributed by atoms with Crippen molar-refractivity contribution in [2.75, 3.05) is 17.7 Å². The minimum atomic E-state index is -0.819. The Morgan fingerprint density at radius 3 is 2.56 bits per heavy atom. The van der Waals surface area contributed by atoms with E-state index in [2.05, 4.69) is 15.4 Å². The minimum absolute atomic E-state index is 0.165. The highest BCUT2D eigenvalue weighted by atomic mass is 32.2. The summed E-state index contributed by atoms with van der Waals surface area (Å²) >= 11 is 2.78. The van der Waals surface area contributed by atoms with Gasteiger partial charge >= 0.3 is 6.09 Å². The highest BCUT2D eigenvalue weighted by Gasteiger charge is 2.19. The molecule has 0 fully saturated rings. The number of anilines is 1. The molecule has 2 N–H and O–H groups in total. The second-order valence-electron chi connectivity index (χ2n) is 4.72. The topological polar surface area (TPSA) is 84.5 Å². The van der Waals surface area contributed by atoms with Gasteiger partial charge in [-0.25, -0.2) is 4.79 Å². The van der Waals surface area contributed by atoms with E-state index in [9.17, 15) is 14.4 Å². The number of carbonyl (C=O) groups excluding carboxylic acids is 3. The molecule has 25 heavy (non-hydrogen) atoms. The van der Waals surface area contributed by atoms with Crippen LogP contribution in [0.2, 0.25) is 0 Å². The van der Waals surface area contributed by atoms with Crippen molar-refractivity contribution in [1.82, 2.24) is 5.32 Å². The monoisotopic (exact) mass is 378 g/mol. The maximum atomic E-state index is 12.6. The van der Waals surface area contributed by atoms with Crippen molar-refractivity contribution < 1.29 is 19.1 Å². The molecule has 1 aromatic heterocycles. The van der Waals surface area contributed by atoms with Crippen LogP contribution >= 0.6 is 23.1 Å². The van der Waals surface area contributed by atoms with Crippen LogP contribution in [0.3, 0.4) is 0 Å². The molecule has 0 spiro atoms. The molecule has 0 bridgehead atoms. The van der Waals surface area contributed by atoms with Crippen molar-refractivity contribution in [3.63, 3.8) is 0 Å². The number of hydrogen-bond donors (Lipinski definition) is 2. The normalized spacial score (nSPS) is 10.2. The summed E-state index contributed by atoms with van der Waals surface area (Å²) in [6.45, 7) is 3.82. The van der Waals surface area contributed by atoms with Gasteiger partial charge < -0.3 is 10.1 Å². The first kappa shape index (κ1) is 19.0. The molecule has 1 aromatic carbocycles. The van der Waals surface area contributed by atoms with E-state index in [1.54, 1.807) is 42.3 Å². The minimum Gasteiger partial charge on any atom is -0.450 e. The molecule has 0 aliphatic carbocycles. The molecule has 3 amide bonds. The van der Waals surface area contributed by atoms with E-state index in [0.717, 1.165) is 10.6 Å². The van der Waals surface area contributed by atoms with Crippen molar-refractivity contribution >= 4 is 46.0 Å². The molecular formula is C17H18N2O4S2. The molecule has 8 heteroatoms. The predicted molar refractivity (Wildman–Crippen MR) is 99.6 cm³/mol. The average molecular weight is 378 g/mol. The quantitative estimate of drug-likeness (QED) is 0.742. The molecule has 0 unspecified atom stereocenters. The van der Waals surface area contributed by atoms with E-state index in [1.165, 1.54) is 11.3 Å². The van der Waals surface area contributed by atoms with Crippen LogP contribution in [0, 0.1) is 0 Å². The summed E-state index contributed by atoms with van der Waals surface area (Å²) in [5.41, 5.74) is 0.756. The molecular weight excluding hydrogens is 360 g/mol. The van der Waals surface area contributed by atoms with Crippen LogP contribution in [-0.4, -0.2) is 30.3 Å². The Morgan fingerprint density at radius 1 is 1.08 bits per heavy atom. The lowest BCUT2D eigenvalue weighted by Gasteiger charge is -2.09. The Labute approximate surface area is 154 Å². The summed E-state index contributed by atoms with van der Waals surface area (Å²) in [5.74, 6) is -0.0772. The highest BCUT2D eigenvalue weighted by Crippen LogP contribution is 2.27. The fourth-order valence-electron chi connectivity index (χ4n) is 2.02. The lowest BCUT2D eigenvalue weighted by atomic mass is 10.2. The Kier molecular flexibility index (Phi) is 7.03. The zero-order valence-electron chi connectivity index (χ0n) is 13.8. The van der Waals surface area contributed by atoms with Gasteiger partial charge in [0.05, 0.1) is 17.7 Å². The molecule has 132 valence electrons. The fraction of sp³-hybridized carbons (Fsp3) is 0.235. The van der Waals surface area contributed by atoms with Crippen molar-refractivity contribution in [2.45, 2.75) is 18.7 Å². The number of hydrogen-bond acceptors (Lipinski definition) is 6. The molecule has 0 atom stereocenters. The van der Waals surface area contributed by atoms with E-state index in [0.29, 0.717) is 10.6 Å². The molecule has 0 aliphatic rings. The first-order valence-corrected chi connectivity index (χ1v) is 9.52. The van der Waals surface area contributed by atoms with Crippen LogP contribution in [0.25, 0.3) is 0 Å². The number of carbonyl (C=O) groups is 3.